The quantitative estimate of drug-likeness (QED) is 0.388. The van der Waals surface area contributed by atoms with E-state index >= 15 is 0 Å². The lowest BCUT2D eigenvalue weighted by atomic mass is 9.56. The Hall–Kier alpha value is -2.77. The van der Waals surface area contributed by atoms with Crippen LogP contribution in [0.5, 0.6) is 0 Å². The van der Waals surface area contributed by atoms with Crippen LogP contribution >= 0.6 is 11.6 Å². The lowest BCUT2D eigenvalue weighted by Gasteiger charge is -2.59. The first-order valence-electron chi connectivity index (χ1n) is 11.9. The summed E-state index contributed by atoms with van der Waals surface area (Å²) in [6.07, 6.45) is 8.08. The van der Waals surface area contributed by atoms with E-state index in [-0.39, 0.29) is 11.4 Å². The van der Waals surface area contributed by atoms with Crippen molar-refractivity contribution in [3.63, 3.8) is 0 Å². The summed E-state index contributed by atoms with van der Waals surface area (Å²) in [4.78, 5) is 15.0. The van der Waals surface area contributed by atoms with Gasteiger partial charge in [-0.1, -0.05) is 23.7 Å². The maximum absolute atomic E-state index is 14.3. The zero-order chi connectivity index (χ0) is 23.4. The first-order valence-corrected chi connectivity index (χ1v) is 12.3. The summed E-state index contributed by atoms with van der Waals surface area (Å²) < 4.78 is 17.4. The molecule has 1 aliphatic heterocycles. The average Bonchev–Trinajstić information content (AvgIpc) is 3.21. The minimum Gasteiger partial charge on any atom is -0.302 e. The van der Waals surface area contributed by atoms with Crippen molar-refractivity contribution in [2.45, 2.75) is 32.1 Å². The molecule has 3 aromatic heterocycles. The Morgan fingerprint density at radius 2 is 2.00 bits per heavy atom. The lowest BCUT2D eigenvalue weighted by molar-refractivity contribution is -0.0936. The number of halogens is 2. The Morgan fingerprint density at radius 3 is 2.82 bits per heavy atom. The number of benzene rings is 1. The third-order valence-electron chi connectivity index (χ3n) is 7.77. The minimum absolute atomic E-state index is 0.0367. The molecule has 0 bridgehead atoms. The highest BCUT2D eigenvalue weighted by Gasteiger charge is 2.51. The molecule has 4 aromatic rings. The van der Waals surface area contributed by atoms with Crippen LogP contribution < -0.4 is 5.56 Å². The molecule has 1 aromatic carbocycles. The maximum atomic E-state index is 14.3. The molecule has 1 saturated carbocycles. The Bertz CT molecular complexity index is 1450. The molecule has 2 fully saturated rings. The standard InChI is InChI=1S/C26H27ClFN5O/c1-31-23(27)10-21-18(4-2-6-20(21)25(31)34)8-17-11-26(12-17)14-32(15-26)7-3-5-19-9-24-30-29-16-33(24)13-22(19)28/h2,4,6,9-10,13,16-17H,3,5,7-8,11-12,14-15H2,1H3. The van der Waals surface area contributed by atoms with Crippen LogP contribution in [0.15, 0.2) is 47.7 Å². The Balaban J connectivity index is 1.01. The van der Waals surface area contributed by atoms with E-state index in [4.69, 9.17) is 11.6 Å². The summed E-state index contributed by atoms with van der Waals surface area (Å²) >= 11 is 6.28. The largest absolute Gasteiger partial charge is 0.302 e. The van der Waals surface area contributed by atoms with Gasteiger partial charge in [-0.25, -0.2) is 4.39 Å². The van der Waals surface area contributed by atoms with Gasteiger partial charge in [0, 0.05) is 31.7 Å². The van der Waals surface area contributed by atoms with E-state index in [2.05, 4.69) is 21.2 Å². The molecule has 1 saturated heterocycles. The van der Waals surface area contributed by atoms with Gasteiger partial charge in [0.1, 0.15) is 17.3 Å². The Morgan fingerprint density at radius 1 is 1.18 bits per heavy atom. The number of rotatable bonds is 6. The fourth-order valence-electron chi connectivity index (χ4n) is 6.15. The van der Waals surface area contributed by atoms with Crippen molar-refractivity contribution in [3.05, 3.63) is 75.3 Å². The van der Waals surface area contributed by atoms with Crippen LogP contribution in [0.4, 0.5) is 4.39 Å². The molecule has 34 heavy (non-hydrogen) atoms. The van der Waals surface area contributed by atoms with Crippen molar-refractivity contribution in [1.82, 2.24) is 24.1 Å². The van der Waals surface area contributed by atoms with Gasteiger partial charge in [-0.15, -0.1) is 10.2 Å². The molecule has 0 atom stereocenters. The first kappa shape index (κ1) is 21.7. The summed E-state index contributed by atoms with van der Waals surface area (Å²) in [5.74, 6) is 0.460. The summed E-state index contributed by atoms with van der Waals surface area (Å²) in [6, 6.07) is 9.73. The van der Waals surface area contributed by atoms with E-state index in [1.165, 1.54) is 35.5 Å². The van der Waals surface area contributed by atoms with E-state index in [1.807, 2.05) is 18.2 Å². The topological polar surface area (TPSA) is 55.4 Å². The van der Waals surface area contributed by atoms with Crippen molar-refractivity contribution in [1.29, 1.82) is 0 Å². The van der Waals surface area contributed by atoms with Gasteiger partial charge in [0.25, 0.3) is 5.56 Å². The smallest absolute Gasteiger partial charge is 0.259 e. The molecular formula is C26H27ClFN5O. The summed E-state index contributed by atoms with van der Waals surface area (Å²) in [7, 11) is 1.71. The van der Waals surface area contributed by atoms with Crippen molar-refractivity contribution in [3.8, 4) is 0 Å². The Kier molecular flexibility index (Phi) is 5.22. The van der Waals surface area contributed by atoms with Gasteiger partial charge in [-0.2, -0.15) is 0 Å². The third kappa shape index (κ3) is 3.71. The summed E-state index contributed by atoms with van der Waals surface area (Å²) in [5.41, 5.74) is 3.04. The molecule has 6 nitrogen and oxygen atoms in total. The fourth-order valence-corrected chi connectivity index (χ4v) is 6.34. The van der Waals surface area contributed by atoms with Gasteiger partial charge in [0.2, 0.25) is 0 Å². The molecule has 1 aliphatic carbocycles. The second-order valence-electron chi connectivity index (χ2n) is 10.2. The molecular weight excluding hydrogens is 453 g/mol. The predicted octanol–water partition coefficient (Wildman–Crippen LogP) is 4.26. The van der Waals surface area contributed by atoms with Gasteiger partial charge >= 0.3 is 0 Å². The number of hydrogen-bond donors (Lipinski definition) is 0. The zero-order valence-electron chi connectivity index (χ0n) is 19.2. The van der Waals surface area contributed by atoms with Crippen LogP contribution in [-0.4, -0.2) is 43.7 Å². The monoisotopic (exact) mass is 479 g/mol. The highest BCUT2D eigenvalue weighted by molar-refractivity contribution is 6.30. The van der Waals surface area contributed by atoms with Crippen molar-refractivity contribution < 1.29 is 4.39 Å². The van der Waals surface area contributed by atoms with Gasteiger partial charge in [0.05, 0.1) is 0 Å². The normalized spacial score (nSPS) is 18.0. The maximum Gasteiger partial charge on any atom is 0.259 e. The number of aryl methyl sites for hydroxylation is 1. The molecule has 8 heteroatoms. The number of hydrogen-bond acceptors (Lipinski definition) is 4. The van der Waals surface area contributed by atoms with E-state index in [1.54, 1.807) is 17.5 Å². The predicted molar refractivity (Wildman–Crippen MR) is 131 cm³/mol. The first-order chi connectivity index (χ1) is 16.4. The SMILES string of the molecule is Cn1c(Cl)cc2c(CC3CC4(C3)CN(CCCc3cc5nncn5cc3F)C4)cccc2c1=O. The number of fused-ring (bicyclic) bond motifs is 2. The molecule has 1 spiro atoms. The Labute approximate surface area is 202 Å². The van der Waals surface area contributed by atoms with Crippen LogP contribution in [0.25, 0.3) is 16.4 Å². The number of pyridine rings is 2. The highest BCUT2D eigenvalue weighted by Crippen LogP contribution is 2.53. The van der Waals surface area contributed by atoms with Crippen LogP contribution in [0.2, 0.25) is 5.15 Å². The molecule has 6 rings (SSSR count). The second kappa shape index (κ2) is 8.17. The molecule has 0 N–H and O–H groups in total. The average molecular weight is 480 g/mol. The lowest BCUT2D eigenvalue weighted by Crippen LogP contribution is -2.62. The molecule has 0 radical (unpaired) electrons. The number of aromatic nitrogens is 4. The molecule has 0 amide bonds. The third-order valence-corrected chi connectivity index (χ3v) is 8.13. The van der Waals surface area contributed by atoms with Crippen LogP contribution in [0.3, 0.4) is 0 Å². The van der Waals surface area contributed by atoms with Gasteiger partial charge in [-0.3, -0.25) is 9.20 Å². The summed E-state index contributed by atoms with van der Waals surface area (Å²) in [6.45, 7) is 3.27. The van der Waals surface area contributed by atoms with E-state index in [0.29, 0.717) is 34.1 Å². The van der Waals surface area contributed by atoms with E-state index in [9.17, 15) is 9.18 Å². The van der Waals surface area contributed by atoms with Crippen molar-refractivity contribution in [2.24, 2.45) is 18.4 Å². The van der Waals surface area contributed by atoms with E-state index in [0.717, 1.165) is 43.2 Å². The molecule has 2 aliphatic rings. The zero-order valence-corrected chi connectivity index (χ0v) is 19.9. The number of likely N-dealkylation sites (tertiary alicyclic amines) is 1. The molecule has 4 heterocycles. The molecule has 176 valence electrons. The van der Waals surface area contributed by atoms with Crippen LogP contribution in [0, 0.1) is 17.2 Å². The summed E-state index contributed by atoms with van der Waals surface area (Å²) in [5, 5.41) is 10.0. The van der Waals surface area contributed by atoms with Gasteiger partial charge in [-0.05, 0) is 84.7 Å². The van der Waals surface area contributed by atoms with Crippen LogP contribution in [-0.2, 0) is 19.9 Å². The van der Waals surface area contributed by atoms with E-state index < -0.39 is 0 Å². The van der Waals surface area contributed by atoms with Crippen LogP contribution in [0.1, 0.15) is 30.4 Å². The second-order valence-corrected chi connectivity index (χ2v) is 10.6. The fraction of sp³-hybridized carbons (Fsp3) is 0.423. The number of nitrogens with zero attached hydrogens (tertiary/aromatic N) is 5. The minimum atomic E-state index is -0.193. The highest BCUT2D eigenvalue weighted by atomic mass is 35.5. The molecule has 0 unspecified atom stereocenters. The van der Waals surface area contributed by atoms with Crippen molar-refractivity contribution >= 4 is 28.0 Å². The van der Waals surface area contributed by atoms with Crippen molar-refractivity contribution in [2.75, 3.05) is 19.6 Å². The van der Waals surface area contributed by atoms with Gasteiger partial charge in [0.15, 0.2) is 5.65 Å². The van der Waals surface area contributed by atoms with Gasteiger partial charge < -0.3 is 9.47 Å².